The SMILES string of the molecule is O=C(O)C1CCN(C(=O)CCOCC(F)F)CC1. The molecule has 1 aliphatic heterocycles. The number of nitrogens with zero attached hydrogens (tertiary/aromatic N) is 1. The zero-order valence-corrected chi connectivity index (χ0v) is 9.98. The van der Waals surface area contributed by atoms with Crippen LogP contribution in [0, 0.1) is 5.92 Å². The number of ether oxygens (including phenoxy) is 1. The number of hydrogen-bond acceptors (Lipinski definition) is 3. The molecule has 5 nitrogen and oxygen atoms in total. The van der Waals surface area contributed by atoms with Gasteiger partial charge in [0.15, 0.2) is 0 Å². The predicted octanol–water partition coefficient (Wildman–Crippen LogP) is 0.981. The molecule has 7 heteroatoms. The molecule has 1 N–H and O–H groups in total. The maximum Gasteiger partial charge on any atom is 0.306 e. The summed E-state index contributed by atoms with van der Waals surface area (Å²) in [6.45, 7) is 0.131. The normalized spacial score (nSPS) is 17.2. The third-order valence-corrected chi connectivity index (χ3v) is 2.90. The smallest absolute Gasteiger partial charge is 0.306 e. The van der Waals surface area contributed by atoms with Gasteiger partial charge >= 0.3 is 5.97 Å². The van der Waals surface area contributed by atoms with Gasteiger partial charge in [0.05, 0.1) is 18.9 Å². The number of halogens is 2. The van der Waals surface area contributed by atoms with Crippen molar-refractivity contribution in [2.75, 3.05) is 26.3 Å². The summed E-state index contributed by atoms with van der Waals surface area (Å²) in [6, 6.07) is 0. The van der Waals surface area contributed by atoms with Crippen molar-refractivity contribution in [3.05, 3.63) is 0 Å². The standard InChI is InChI=1S/C11H17F2NO4/c12-9(13)7-18-6-3-10(15)14-4-1-8(2-5-14)11(16)17/h8-9H,1-7H2,(H,16,17). The summed E-state index contributed by atoms with van der Waals surface area (Å²) in [6.07, 6.45) is -1.58. The Hall–Kier alpha value is -1.24. The van der Waals surface area contributed by atoms with Crippen LogP contribution in [0.2, 0.25) is 0 Å². The number of carbonyl (C=O) groups is 2. The highest BCUT2D eigenvalue weighted by Crippen LogP contribution is 2.17. The highest BCUT2D eigenvalue weighted by Gasteiger charge is 2.26. The van der Waals surface area contributed by atoms with Crippen LogP contribution in [0.3, 0.4) is 0 Å². The molecule has 1 aliphatic rings. The molecule has 1 rings (SSSR count). The number of carboxylic acids is 1. The molecular formula is C11H17F2NO4. The highest BCUT2D eigenvalue weighted by atomic mass is 19.3. The zero-order valence-electron chi connectivity index (χ0n) is 9.98. The van der Waals surface area contributed by atoms with E-state index in [4.69, 9.17) is 5.11 Å². The summed E-state index contributed by atoms with van der Waals surface area (Å²) in [5.74, 6) is -1.39. The van der Waals surface area contributed by atoms with E-state index in [1.54, 1.807) is 4.90 Å². The summed E-state index contributed by atoms with van der Waals surface area (Å²) in [7, 11) is 0. The van der Waals surface area contributed by atoms with Crippen molar-refractivity contribution < 1.29 is 28.2 Å². The Bertz CT molecular complexity index is 291. The van der Waals surface area contributed by atoms with E-state index < -0.39 is 19.0 Å². The fraction of sp³-hybridized carbons (Fsp3) is 0.818. The van der Waals surface area contributed by atoms with Crippen LogP contribution in [0.15, 0.2) is 0 Å². The number of piperidine rings is 1. The lowest BCUT2D eigenvalue weighted by Gasteiger charge is -2.30. The number of amides is 1. The largest absolute Gasteiger partial charge is 0.481 e. The molecule has 104 valence electrons. The molecule has 0 radical (unpaired) electrons. The van der Waals surface area contributed by atoms with Crippen LogP contribution in [-0.4, -0.2) is 54.6 Å². The Labute approximate surface area is 104 Å². The molecule has 0 spiro atoms. The van der Waals surface area contributed by atoms with Crippen LogP contribution >= 0.6 is 0 Å². The Morgan fingerprint density at radius 2 is 1.94 bits per heavy atom. The quantitative estimate of drug-likeness (QED) is 0.727. The molecule has 0 atom stereocenters. The van der Waals surface area contributed by atoms with Gasteiger partial charge in [-0.25, -0.2) is 8.78 Å². The Kier molecular flexibility index (Phi) is 5.97. The number of hydrogen-bond donors (Lipinski definition) is 1. The fourth-order valence-electron chi connectivity index (χ4n) is 1.87. The number of carboxylic acid groups (broad SMARTS) is 1. The first-order valence-corrected chi connectivity index (χ1v) is 5.87. The van der Waals surface area contributed by atoms with Crippen LogP contribution < -0.4 is 0 Å². The molecule has 0 aromatic carbocycles. The molecule has 18 heavy (non-hydrogen) atoms. The highest BCUT2D eigenvalue weighted by molar-refractivity contribution is 5.77. The minimum Gasteiger partial charge on any atom is -0.481 e. The van der Waals surface area contributed by atoms with Crippen LogP contribution in [0.5, 0.6) is 0 Å². The van der Waals surface area contributed by atoms with Gasteiger partial charge in [0, 0.05) is 13.1 Å². The van der Waals surface area contributed by atoms with Crippen molar-refractivity contribution in [1.29, 1.82) is 0 Å². The van der Waals surface area contributed by atoms with Crippen molar-refractivity contribution in [1.82, 2.24) is 4.90 Å². The molecule has 0 bridgehead atoms. The van der Waals surface area contributed by atoms with Crippen molar-refractivity contribution in [3.8, 4) is 0 Å². The second-order valence-electron chi connectivity index (χ2n) is 4.21. The maximum absolute atomic E-state index is 11.8. The fourth-order valence-corrected chi connectivity index (χ4v) is 1.87. The summed E-state index contributed by atoms with van der Waals surface area (Å²) < 4.78 is 28.1. The molecule has 1 heterocycles. The molecule has 0 unspecified atom stereocenters. The molecular weight excluding hydrogens is 248 g/mol. The van der Waals surface area contributed by atoms with Crippen molar-refractivity contribution >= 4 is 11.9 Å². The maximum atomic E-state index is 11.8. The van der Waals surface area contributed by atoms with Crippen molar-refractivity contribution in [2.24, 2.45) is 5.92 Å². The van der Waals surface area contributed by atoms with E-state index in [0.29, 0.717) is 25.9 Å². The van der Waals surface area contributed by atoms with E-state index in [1.807, 2.05) is 0 Å². The molecule has 1 fully saturated rings. The predicted molar refractivity (Wildman–Crippen MR) is 58.4 cm³/mol. The van der Waals surface area contributed by atoms with Gasteiger partial charge < -0.3 is 14.7 Å². The molecule has 1 saturated heterocycles. The number of alkyl halides is 2. The number of aliphatic carboxylic acids is 1. The lowest BCUT2D eigenvalue weighted by Crippen LogP contribution is -2.40. The molecule has 0 aromatic rings. The number of rotatable bonds is 6. The van der Waals surface area contributed by atoms with Crippen molar-refractivity contribution in [2.45, 2.75) is 25.7 Å². The van der Waals surface area contributed by atoms with E-state index in [0.717, 1.165) is 0 Å². The van der Waals surface area contributed by atoms with Gasteiger partial charge in [0.2, 0.25) is 5.91 Å². The first-order chi connectivity index (χ1) is 8.50. The summed E-state index contributed by atoms with van der Waals surface area (Å²) >= 11 is 0. The molecule has 0 aliphatic carbocycles. The average molecular weight is 265 g/mol. The first kappa shape index (κ1) is 14.8. The van der Waals surface area contributed by atoms with Gasteiger partial charge in [0.25, 0.3) is 6.43 Å². The number of likely N-dealkylation sites (tertiary alicyclic amines) is 1. The van der Waals surface area contributed by atoms with Crippen molar-refractivity contribution in [3.63, 3.8) is 0 Å². The van der Waals surface area contributed by atoms with Crippen LogP contribution in [0.4, 0.5) is 8.78 Å². The molecule has 1 amide bonds. The zero-order chi connectivity index (χ0) is 13.5. The van der Waals surface area contributed by atoms with E-state index in [1.165, 1.54) is 0 Å². The second kappa shape index (κ2) is 7.25. The summed E-state index contributed by atoms with van der Waals surface area (Å²) in [5.41, 5.74) is 0. The van der Waals surface area contributed by atoms with E-state index in [-0.39, 0.29) is 24.9 Å². The van der Waals surface area contributed by atoms with E-state index in [9.17, 15) is 18.4 Å². The topological polar surface area (TPSA) is 66.8 Å². The monoisotopic (exact) mass is 265 g/mol. The van der Waals surface area contributed by atoms with E-state index >= 15 is 0 Å². The minimum absolute atomic E-state index is 0.0258. The lowest BCUT2D eigenvalue weighted by molar-refractivity contribution is -0.146. The average Bonchev–Trinajstić information content (AvgIpc) is 2.34. The van der Waals surface area contributed by atoms with Crippen LogP contribution in [0.25, 0.3) is 0 Å². The van der Waals surface area contributed by atoms with Gasteiger partial charge in [-0.3, -0.25) is 9.59 Å². The minimum atomic E-state index is -2.52. The Morgan fingerprint density at radius 1 is 1.33 bits per heavy atom. The van der Waals surface area contributed by atoms with Gasteiger partial charge in [0.1, 0.15) is 6.61 Å². The summed E-state index contributed by atoms with van der Waals surface area (Å²) in [4.78, 5) is 23.9. The summed E-state index contributed by atoms with van der Waals surface area (Å²) in [5, 5.41) is 8.79. The van der Waals surface area contributed by atoms with Crippen LogP contribution in [0.1, 0.15) is 19.3 Å². The number of carbonyl (C=O) groups excluding carboxylic acids is 1. The van der Waals surface area contributed by atoms with Crippen LogP contribution in [-0.2, 0) is 14.3 Å². The van der Waals surface area contributed by atoms with Gasteiger partial charge in [-0.05, 0) is 12.8 Å². The van der Waals surface area contributed by atoms with E-state index in [2.05, 4.69) is 4.74 Å². The molecule has 0 aromatic heterocycles. The Balaban J connectivity index is 2.18. The first-order valence-electron chi connectivity index (χ1n) is 5.87. The lowest BCUT2D eigenvalue weighted by atomic mass is 9.97. The molecule has 0 saturated carbocycles. The van der Waals surface area contributed by atoms with Gasteiger partial charge in [-0.1, -0.05) is 0 Å². The third kappa shape index (κ3) is 4.95. The van der Waals surface area contributed by atoms with Gasteiger partial charge in [-0.15, -0.1) is 0 Å². The third-order valence-electron chi connectivity index (χ3n) is 2.90. The second-order valence-corrected chi connectivity index (χ2v) is 4.21. The Morgan fingerprint density at radius 3 is 2.44 bits per heavy atom. The van der Waals surface area contributed by atoms with Gasteiger partial charge in [-0.2, -0.15) is 0 Å².